The van der Waals surface area contributed by atoms with Gasteiger partial charge in [-0.1, -0.05) is 24.3 Å². The van der Waals surface area contributed by atoms with Crippen LogP contribution in [0.1, 0.15) is 19.3 Å². The van der Waals surface area contributed by atoms with Crippen LogP contribution < -0.4 is 0 Å². The normalized spacial score (nSPS) is 39.6. The van der Waals surface area contributed by atoms with E-state index in [0.29, 0.717) is 11.8 Å². The van der Waals surface area contributed by atoms with Crippen LogP contribution >= 0.6 is 22.6 Å². The van der Waals surface area contributed by atoms with Gasteiger partial charge in [-0.05, 0) is 58.9 Å². The number of halogens is 1. The summed E-state index contributed by atoms with van der Waals surface area (Å²) in [5.41, 5.74) is 2.72. The maximum absolute atomic E-state index is 10.5. The minimum absolute atomic E-state index is 0.307. The van der Waals surface area contributed by atoms with Gasteiger partial charge in [-0.3, -0.25) is 0 Å². The molecule has 3 unspecified atom stereocenters. The van der Waals surface area contributed by atoms with Crippen LogP contribution in [-0.2, 0) is 4.79 Å². The molecule has 0 bridgehead atoms. The van der Waals surface area contributed by atoms with E-state index < -0.39 is 0 Å². The molecule has 0 radical (unpaired) electrons. The Morgan fingerprint density at radius 2 is 2.44 bits per heavy atom. The lowest BCUT2D eigenvalue weighted by molar-refractivity contribution is 0.502. The molecule has 3 heteroatoms. The number of hydrogen-bond donors (Lipinski definition) is 0. The molecule has 1 saturated carbocycles. The summed E-state index contributed by atoms with van der Waals surface area (Å²) in [6, 6.07) is 0. The van der Waals surface area contributed by atoms with Crippen molar-refractivity contribution in [3.63, 3.8) is 0 Å². The van der Waals surface area contributed by atoms with Crippen LogP contribution in [0, 0.1) is 11.8 Å². The molecule has 0 aromatic rings. The number of allylic oxidation sites excluding steroid dienone is 5. The zero-order valence-corrected chi connectivity index (χ0v) is 11.0. The maximum atomic E-state index is 10.5. The molecule has 0 heterocycles. The zero-order valence-electron chi connectivity index (χ0n) is 8.82. The van der Waals surface area contributed by atoms with Crippen LogP contribution in [-0.4, -0.2) is 9.63 Å². The highest BCUT2D eigenvalue weighted by molar-refractivity contribution is 14.1. The molecule has 0 spiro atoms. The largest absolute Gasteiger partial charge is 0.236 e. The topological polar surface area (TPSA) is 29.4 Å². The van der Waals surface area contributed by atoms with E-state index in [9.17, 15) is 4.79 Å². The minimum atomic E-state index is -0.307. The predicted molar refractivity (Wildman–Crippen MR) is 71.0 cm³/mol. The van der Waals surface area contributed by atoms with Crippen LogP contribution in [0.3, 0.4) is 0 Å². The van der Waals surface area contributed by atoms with E-state index in [0.717, 1.165) is 12.8 Å². The Kier molecular flexibility index (Phi) is 2.41. The van der Waals surface area contributed by atoms with Crippen molar-refractivity contribution in [1.29, 1.82) is 0 Å². The Bertz CT molecular complexity index is 470. The highest BCUT2D eigenvalue weighted by atomic mass is 127. The zero-order chi connectivity index (χ0) is 11.2. The van der Waals surface area contributed by atoms with Gasteiger partial charge in [0.25, 0.3) is 0 Å². The minimum Gasteiger partial charge on any atom is -0.211 e. The van der Waals surface area contributed by atoms with Gasteiger partial charge in [0.15, 0.2) is 0 Å². The third kappa shape index (κ3) is 1.45. The summed E-state index contributed by atoms with van der Waals surface area (Å²) in [4.78, 5) is 14.5. The molecule has 1 fully saturated rings. The van der Waals surface area contributed by atoms with E-state index in [-0.39, 0.29) is 3.55 Å². The van der Waals surface area contributed by atoms with Crippen molar-refractivity contribution >= 4 is 28.7 Å². The van der Waals surface area contributed by atoms with Crippen LogP contribution in [0.4, 0.5) is 0 Å². The summed E-state index contributed by atoms with van der Waals surface area (Å²) in [5.74, 6) is 1.21. The van der Waals surface area contributed by atoms with Gasteiger partial charge >= 0.3 is 0 Å². The molecular weight excluding hydrogens is 313 g/mol. The van der Waals surface area contributed by atoms with Crippen molar-refractivity contribution in [2.75, 3.05) is 0 Å². The Balaban J connectivity index is 2.03. The molecule has 0 aliphatic heterocycles. The second kappa shape index (κ2) is 3.67. The lowest BCUT2D eigenvalue weighted by Crippen LogP contribution is -2.21. The van der Waals surface area contributed by atoms with Crippen LogP contribution in [0.2, 0.25) is 0 Å². The fourth-order valence-electron chi connectivity index (χ4n) is 3.04. The van der Waals surface area contributed by atoms with E-state index in [1.165, 1.54) is 17.6 Å². The standard InChI is InChI=1S/C13H12INO/c14-13(15-8-16)5-4-11-6-9-2-1-3-10(9)7-12(11)13/h1-3,7,9,11H,4-6H2. The molecule has 3 aliphatic rings. The number of rotatable bonds is 1. The number of carbonyl (C=O) groups excluding carboxylic acids is 1. The number of aliphatic imine (C=N–C) groups is 1. The first-order chi connectivity index (χ1) is 7.73. The van der Waals surface area contributed by atoms with Gasteiger partial charge in [-0.25, -0.2) is 4.79 Å². The monoisotopic (exact) mass is 325 g/mol. The van der Waals surface area contributed by atoms with Crippen LogP contribution in [0.15, 0.2) is 40.4 Å². The second-order valence-electron chi connectivity index (χ2n) is 4.69. The quantitative estimate of drug-likeness (QED) is 0.239. The molecule has 0 aromatic carbocycles. The van der Waals surface area contributed by atoms with Crippen molar-refractivity contribution in [2.24, 2.45) is 16.8 Å². The number of alkyl halides is 1. The average molecular weight is 325 g/mol. The molecule has 0 aromatic heterocycles. The van der Waals surface area contributed by atoms with E-state index in [1.807, 2.05) is 0 Å². The summed E-state index contributed by atoms with van der Waals surface area (Å²) in [5, 5.41) is 0. The first-order valence-corrected chi connectivity index (χ1v) is 6.69. The summed E-state index contributed by atoms with van der Waals surface area (Å²) >= 11 is 2.31. The third-order valence-corrected chi connectivity index (χ3v) is 5.25. The molecule has 0 saturated heterocycles. The van der Waals surface area contributed by atoms with Gasteiger partial charge in [0, 0.05) is 5.92 Å². The highest BCUT2D eigenvalue weighted by Crippen LogP contribution is 2.53. The number of isocyanates is 1. The molecule has 3 rings (SSSR count). The number of nitrogens with zero attached hydrogens (tertiary/aromatic N) is 1. The molecule has 0 amide bonds. The molecule has 82 valence electrons. The summed E-state index contributed by atoms with van der Waals surface area (Å²) in [7, 11) is 0. The van der Waals surface area contributed by atoms with Crippen molar-refractivity contribution in [1.82, 2.24) is 0 Å². The maximum Gasteiger partial charge on any atom is 0.236 e. The number of hydrogen-bond acceptors (Lipinski definition) is 2. The highest BCUT2D eigenvalue weighted by Gasteiger charge is 2.45. The SMILES string of the molecule is O=C=NC1(I)CCC2CC3C=CC=C3C=C21. The fourth-order valence-corrected chi connectivity index (χ4v) is 4.04. The third-order valence-electron chi connectivity index (χ3n) is 3.85. The Morgan fingerprint density at radius 1 is 1.56 bits per heavy atom. The Labute approximate surface area is 108 Å². The smallest absolute Gasteiger partial charge is 0.211 e. The van der Waals surface area contributed by atoms with Crippen LogP contribution in [0.5, 0.6) is 0 Å². The van der Waals surface area contributed by atoms with Gasteiger partial charge in [0.2, 0.25) is 6.08 Å². The Morgan fingerprint density at radius 3 is 3.25 bits per heavy atom. The van der Waals surface area contributed by atoms with Crippen molar-refractivity contribution in [3.8, 4) is 0 Å². The van der Waals surface area contributed by atoms with Crippen molar-refractivity contribution in [3.05, 3.63) is 35.5 Å². The molecule has 2 nitrogen and oxygen atoms in total. The first kappa shape index (κ1) is 10.5. The summed E-state index contributed by atoms with van der Waals surface area (Å²) in [6.45, 7) is 0. The van der Waals surface area contributed by atoms with Gasteiger partial charge in [-0.2, -0.15) is 4.99 Å². The van der Waals surface area contributed by atoms with E-state index in [2.05, 4.69) is 51.9 Å². The molecule has 16 heavy (non-hydrogen) atoms. The number of fused-ring (bicyclic) bond motifs is 2. The van der Waals surface area contributed by atoms with Gasteiger partial charge in [0.05, 0.1) is 0 Å². The molecule has 3 atom stereocenters. The lowest BCUT2D eigenvalue weighted by atomic mass is 9.80. The lowest BCUT2D eigenvalue weighted by Gasteiger charge is -2.28. The van der Waals surface area contributed by atoms with Crippen molar-refractivity contribution < 1.29 is 4.79 Å². The fraction of sp³-hybridized carbons (Fsp3) is 0.462. The van der Waals surface area contributed by atoms with Crippen LogP contribution in [0.25, 0.3) is 0 Å². The molecule has 0 N–H and O–H groups in total. The van der Waals surface area contributed by atoms with Gasteiger partial charge in [0.1, 0.15) is 3.55 Å². The molecule has 3 aliphatic carbocycles. The summed E-state index contributed by atoms with van der Waals surface area (Å²) < 4.78 is -0.307. The molecular formula is C13H12INO. The average Bonchev–Trinajstić information content (AvgIpc) is 2.82. The predicted octanol–water partition coefficient (Wildman–Crippen LogP) is 3.31. The summed E-state index contributed by atoms with van der Waals surface area (Å²) in [6.07, 6.45) is 13.9. The van der Waals surface area contributed by atoms with E-state index in [4.69, 9.17) is 0 Å². The van der Waals surface area contributed by atoms with E-state index >= 15 is 0 Å². The van der Waals surface area contributed by atoms with Gasteiger partial charge < -0.3 is 0 Å². The second-order valence-corrected chi connectivity index (χ2v) is 6.48. The van der Waals surface area contributed by atoms with Crippen molar-refractivity contribution in [2.45, 2.75) is 22.8 Å². The first-order valence-electron chi connectivity index (χ1n) is 5.61. The van der Waals surface area contributed by atoms with E-state index in [1.54, 1.807) is 6.08 Å². The Hall–Kier alpha value is -0.670. The van der Waals surface area contributed by atoms with Gasteiger partial charge in [-0.15, -0.1) is 0 Å².